The molecule has 1 aromatic heterocycles. The molecule has 0 radical (unpaired) electrons. The molecule has 150 valence electrons. The van der Waals surface area contributed by atoms with Crippen molar-refractivity contribution in [1.82, 2.24) is 9.88 Å². The second-order valence-corrected chi connectivity index (χ2v) is 9.33. The summed E-state index contributed by atoms with van der Waals surface area (Å²) in [6.07, 6.45) is 0.583. The zero-order chi connectivity index (χ0) is 19.8. The number of hydrogen-bond acceptors (Lipinski definition) is 4. The van der Waals surface area contributed by atoms with Crippen LogP contribution in [0.4, 0.5) is 13.6 Å². The van der Waals surface area contributed by atoms with Crippen LogP contribution in [0.15, 0.2) is 16.6 Å². The minimum atomic E-state index is -2.65. The van der Waals surface area contributed by atoms with Crippen molar-refractivity contribution in [3.8, 4) is 5.88 Å². The van der Waals surface area contributed by atoms with E-state index in [1.807, 2.05) is 20.8 Å². The number of halogens is 3. The van der Waals surface area contributed by atoms with Gasteiger partial charge in [-0.05, 0) is 68.5 Å². The lowest BCUT2D eigenvalue weighted by Crippen LogP contribution is -2.60. The van der Waals surface area contributed by atoms with Crippen LogP contribution in [0.3, 0.4) is 0 Å². The normalized spacial score (nSPS) is 19.9. The predicted molar refractivity (Wildman–Crippen MR) is 100 cm³/mol. The molecule has 0 N–H and O–H groups in total. The Labute approximate surface area is 166 Å². The number of alkyl halides is 2. The molecule has 0 bridgehead atoms. The van der Waals surface area contributed by atoms with Crippen molar-refractivity contribution >= 4 is 22.0 Å². The Morgan fingerprint density at radius 3 is 2.48 bits per heavy atom. The highest BCUT2D eigenvalue weighted by Crippen LogP contribution is 2.45. The summed E-state index contributed by atoms with van der Waals surface area (Å²) in [7, 11) is 0. The SMILES string of the molecule is CC(C)(C)OC(=O)N1CC2(CCC(Oc3ccc(Br)c(C(F)F)n3)CC2)C1. The number of pyridine rings is 1. The van der Waals surface area contributed by atoms with Gasteiger partial charge in [-0.1, -0.05) is 0 Å². The van der Waals surface area contributed by atoms with Gasteiger partial charge < -0.3 is 14.4 Å². The minimum Gasteiger partial charge on any atom is -0.474 e. The van der Waals surface area contributed by atoms with Gasteiger partial charge in [0.05, 0.1) is 0 Å². The molecule has 1 aliphatic heterocycles. The molecular weight excluding hydrogens is 422 g/mol. The van der Waals surface area contributed by atoms with E-state index in [1.54, 1.807) is 17.0 Å². The van der Waals surface area contributed by atoms with Crippen molar-refractivity contribution < 1.29 is 23.0 Å². The van der Waals surface area contributed by atoms with Crippen LogP contribution in [0.1, 0.15) is 58.6 Å². The summed E-state index contributed by atoms with van der Waals surface area (Å²) in [4.78, 5) is 17.8. The maximum absolute atomic E-state index is 13.0. The lowest BCUT2D eigenvalue weighted by Gasteiger charge is -2.52. The van der Waals surface area contributed by atoms with Crippen LogP contribution in [-0.2, 0) is 4.74 Å². The number of hydrogen-bond donors (Lipinski definition) is 0. The molecule has 1 saturated heterocycles. The second-order valence-electron chi connectivity index (χ2n) is 8.47. The van der Waals surface area contributed by atoms with Crippen molar-refractivity contribution in [3.63, 3.8) is 0 Å². The third-order valence-corrected chi connectivity index (χ3v) is 5.71. The summed E-state index contributed by atoms with van der Waals surface area (Å²) in [6.45, 7) is 7.00. The molecule has 2 fully saturated rings. The van der Waals surface area contributed by atoms with Gasteiger partial charge in [0.15, 0.2) is 0 Å². The fourth-order valence-electron chi connectivity index (χ4n) is 3.69. The Hall–Kier alpha value is -1.44. The molecule has 1 saturated carbocycles. The quantitative estimate of drug-likeness (QED) is 0.628. The predicted octanol–water partition coefficient (Wildman–Crippen LogP) is 5.34. The second kappa shape index (κ2) is 7.53. The van der Waals surface area contributed by atoms with E-state index in [0.29, 0.717) is 13.1 Å². The van der Waals surface area contributed by atoms with Crippen LogP contribution in [0.25, 0.3) is 0 Å². The Kier molecular flexibility index (Phi) is 5.66. The average molecular weight is 447 g/mol. The molecule has 2 heterocycles. The zero-order valence-electron chi connectivity index (χ0n) is 15.8. The molecule has 1 aromatic rings. The van der Waals surface area contributed by atoms with Crippen molar-refractivity contribution in [2.24, 2.45) is 5.41 Å². The Balaban J connectivity index is 1.49. The number of rotatable bonds is 3. The van der Waals surface area contributed by atoms with E-state index in [0.717, 1.165) is 25.7 Å². The molecule has 0 aromatic carbocycles. The molecule has 1 spiro atoms. The summed E-state index contributed by atoms with van der Waals surface area (Å²) in [5, 5.41) is 0. The molecule has 27 heavy (non-hydrogen) atoms. The standard InChI is InChI=1S/C19H25BrF2N2O3/c1-18(2,3)27-17(25)24-10-19(11-24)8-6-12(7-9-19)26-14-5-4-13(20)15(23-14)16(21)22/h4-5,12,16H,6-11H2,1-3H3. The number of carbonyl (C=O) groups excluding carboxylic acids is 1. The first-order chi connectivity index (χ1) is 12.6. The van der Waals surface area contributed by atoms with Crippen LogP contribution < -0.4 is 4.74 Å². The third-order valence-electron chi connectivity index (χ3n) is 5.04. The summed E-state index contributed by atoms with van der Waals surface area (Å²) in [5.74, 6) is 0.235. The van der Waals surface area contributed by atoms with Crippen LogP contribution in [0, 0.1) is 5.41 Å². The van der Waals surface area contributed by atoms with E-state index in [2.05, 4.69) is 20.9 Å². The Morgan fingerprint density at radius 2 is 1.93 bits per heavy atom. The molecule has 0 atom stereocenters. The minimum absolute atomic E-state index is 0.0367. The number of ether oxygens (including phenoxy) is 2. The van der Waals surface area contributed by atoms with Crippen molar-refractivity contribution in [1.29, 1.82) is 0 Å². The molecule has 5 nitrogen and oxygen atoms in total. The lowest BCUT2D eigenvalue weighted by atomic mass is 9.68. The van der Waals surface area contributed by atoms with E-state index in [4.69, 9.17) is 9.47 Å². The maximum Gasteiger partial charge on any atom is 0.410 e. The molecule has 2 aliphatic rings. The highest BCUT2D eigenvalue weighted by Gasteiger charge is 2.48. The first-order valence-corrected chi connectivity index (χ1v) is 9.95. The fourth-order valence-corrected chi connectivity index (χ4v) is 4.08. The van der Waals surface area contributed by atoms with Crippen molar-refractivity contribution in [3.05, 3.63) is 22.3 Å². The van der Waals surface area contributed by atoms with E-state index in [9.17, 15) is 13.6 Å². The summed E-state index contributed by atoms with van der Waals surface area (Å²) in [6, 6.07) is 3.15. The summed E-state index contributed by atoms with van der Waals surface area (Å²) < 4.78 is 37.4. The average Bonchev–Trinajstić information content (AvgIpc) is 2.53. The van der Waals surface area contributed by atoms with Crippen molar-refractivity contribution in [2.45, 2.75) is 64.6 Å². The first-order valence-electron chi connectivity index (χ1n) is 9.16. The summed E-state index contributed by atoms with van der Waals surface area (Å²) in [5.41, 5.74) is -0.648. The number of carbonyl (C=O) groups is 1. The molecule has 0 unspecified atom stereocenters. The highest BCUT2D eigenvalue weighted by molar-refractivity contribution is 9.10. The number of likely N-dealkylation sites (tertiary alicyclic amines) is 1. The molecule has 1 aliphatic carbocycles. The van der Waals surface area contributed by atoms with E-state index in [-0.39, 0.29) is 33.7 Å². The number of nitrogens with zero attached hydrogens (tertiary/aromatic N) is 2. The zero-order valence-corrected chi connectivity index (χ0v) is 17.4. The van der Waals surface area contributed by atoms with Crippen LogP contribution >= 0.6 is 15.9 Å². The number of aromatic nitrogens is 1. The first kappa shape index (κ1) is 20.3. The van der Waals surface area contributed by atoms with Crippen LogP contribution in [0.5, 0.6) is 5.88 Å². The van der Waals surface area contributed by atoms with Gasteiger partial charge in [-0.3, -0.25) is 0 Å². The van der Waals surface area contributed by atoms with Crippen LogP contribution in [-0.4, -0.2) is 40.8 Å². The molecule has 3 rings (SSSR count). The van der Waals surface area contributed by atoms with Crippen LogP contribution in [0.2, 0.25) is 0 Å². The van der Waals surface area contributed by atoms with Gasteiger partial charge in [0.25, 0.3) is 6.43 Å². The summed E-state index contributed by atoms with van der Waals surface area (Å²) >= 11 is 3.08. The van der Waals surface area contributed by atoms with Gasteiger partial charge in [-0.2, -0.15) is 0 Å². The van der Waals surface area contributed by atoms with E-state index >= 15 is 0 Å². The lowest BCUT2D eigenvalue weighted by molar-refractivity contribution is -0.0611. The monoisotopic (exact) mass is 446 g/mol. The van der Waals surface area contributed by atoms with Gasteiger partial charge in [0, 0.05) is 29.0 Å². The van der Waals surface area contributed by atoms with Gasteiger partial charge in [-0.15, -0.1) is 0 Å². The van der Waals surface area contributed by atoms with E-state index in [1.165, 1.54) is 0 Å². The van der Waals surface area contributed by atoms with Crippen molar-refractivity contribution in [2.75, 3.05) is 13.1 Å². The maximum atomic E-state index is 13.0. The van der Waals surface area contributed by atoms with Gasteiger partial charge >= 0.3 is 6.09 Å². The molecule has 8 heteroatoms. The smallest absolute Gasteiger partial charge is 0.410 e. The van der Waals surface area contributed by atoms with E-state index < -0.39 is 12.0 Å². The highest BCUT2D eigenvalue weighted by atomic mass is 79.9. The van der Waals surface area contributed by atoms with Gasteiger partial charge in [-0.25, -0.2) is 18.6 Å². The van der Waals surface area contributed by atoms with Gasteiger partial charge in [0.1, 0.15) is 17.4 Å². The number of amides is 1. The topological polar surface area (TPSA) is 51.7 Å². The van der Waals surface area contributed by atoms with Gasteiger partial charge in [0.2, 0.25) is 5.88 Å². The molecular formula is C19H25BrF2N2O3. The molecule has 1 amide bonds. The fraction of sp³-hybridized carbons (Fsp3) is 0.684. The largest absolute Gasteiger partial charge is 0.474 e. The third kappa shape index (κ3) is 4.89. The Morgan fingerprint density at radius 1 is 1.30 bits per heavy atom. The Bertz CT molecular complexity index is 693.